The molecule has 7 heteroatoms. The molecule has 0 aliphatic carbocycles. The predicted molar refractivity (Wildman–Crippen MR) is 71.0 cm³/mol. The third kappa shape index (κ3) is 2.49. The van der Waals surface area contributed by atoms with E-state index in [1.165, 1.54) is 6.07 Å². The minimum absolute atomic E-state index is 0.000788. The molecule has 1 heterocycles. The summed E-state index contributed by atoms with van der Waals surface area (Å²) < 4.78 is 15.4. The summed E-state index contributed by atoms with van der Waals surface area (Å²) >= 11 is 8.79. The molecule has 2 aromatic rings. The summed E-state index contributed by atoms with van der Waals surface area (Å²) in [7, 11) is 0. The van der Waals surface area contributed by atoms with Crippen molar-refractivity contribution in [2.75, 3.05) is 5.88 Å². The quantitative estimate of drug-likeness (QED) is 0.871. The van der Waals surface area contributed by atoms with Gasteiger partial charge < -0.3 is 10.3 Å². The summed E-state index contributed by atoms with van der Waals surface area (Å²) in [6.07, 6.45) is 0.489. The second-order valence-corrected chi connectivity index (χ2v) is 5.01. The van der Waals surface area contributed by atoms with Crippen molar-refractivity contribution in [2.24, 2.45) is 5.73 Å². The summed E-state index contributed by atoms with van der Waals surface area (Å²) in [5, 5.41) is 0. The Morgan fingerprint density at radius 2 is 2.28 bits per heavy atom. The van der Waals surface area contributed by atoms with E-state index in [9.17, 15) is 9.18 Å². The number of hydrogen-bond donors (Lipinski definition) is 1. The van der Waals surface area contributed by atoms with Crippen molar-refractivity contribution in [2.45, 2.75) is 13.0 Å². The zero-order valence-corrected chi connectivity index (χ0v) is 11.6. The highest BCUT2D eigenvalue weighted by atomic mass is 79.9. The fourth-order valence-corrected chi connectivity index (χ4v) is 2.28. The molecular formula is C11H10BrClFN3O. The van der Waals surface area contributed by atoms with Crippen molar-refractivity contribution >= 4 is 44.5 Å². The number of hydrogen-bond acceptors (Lipinski definition) is 2. The number of aromatic nitrogens is 2. The van der Waals surface area contributed by atoms with E-state index < -0.39 is 11.7 Å². The maximum absolute atomic E-state index is 13.4. The monoisotopic (exact) mass is 333 g/mol. The van der Waals surface area contributed by atoms with Crippen LogP contribution < -0.4 is 5.73 Å². The first kappa shape index (κ1) is 13.3. The van der Waals surface area contributed by atoms with Crippen LogP contribution in [0.2, 0.25) is 0 Å². The highest BCUT2D eigenvalue weighted by Gasteiger charge is 2.14. The molecule has 0 radical (unpaired) electrons. The number of benzene rings is 1. The van der Waals surface area contributed by atoms with Crippen LogP contribution in [0.4, 0.5) is 4.39 Å². The van der Waals surface area contributed by atoms with E-state index in [1.54, 1.807) is 10.6 Å². The zero-order chi connectivity index (χ0) is 13.3. The summed E-state index contributed by atoms with van der Waals surface area (Å²) in [6, 6.07) is 2.90. The number of carbonyl (C=O) groups is 1. The fourth-order valence-electron chi connectivity index (χ4n) is 1.78. The number of rotatable bonds is 4. The van der Waals surface area contributed by atoms with Gasteiger partial charge in [-0.05, 0) is 22.0 Å². The molecule has 0 fully saturated rings. The number of alkyl halides is 1. The van der Waals surface area contributed by atoms with Gasteiger partial charge in [-0.3, -0.25) is 4.79 Å². The second kappa shape index (κ2) is 5.24. The fraction of sp³-hybridized carbons (Fsp3) is 0.273. The lowest BCUT2D eigenvalue weighted by Gasteiger charge is -2.05. The van der Waals surface area contributed by atoms with E-state index >= 15 is 0 Å². The van der Waals surface area contributed by atoms with Crippen molar-refractivity contribution in [1.29, 1.82) is 0 Å². The topological polar surface area (TPSA) is 60.9 Å². The average molecular weight is 335 g/mol. The van der Waals surface area contributed by atoms with E-state index in [2.05, 4.69) is 20.9 Å². The summed E-state index contributed by atoms with van der Waals surface area (Å²) in [5.41, 5.74) is 6.34. The van der Waals surface area contributed by atoms with Crippen LogP contribution >= 0.6 is 27.5 Å². The third-order valence-corrected chi connectivity index (χ3v) is 3.30. The molecule has 4 nitrogen and oxygen atoms in total. The Hall–Kier alpha value is -1.14. The molecule has 96 valence electrons. The summed E-state index contributed by atoms with van der Waals surface area (Å²) in [4.78, 5) is 15.3. The van der Waals surface area contributed by atoms with Crippen molar-refractivity contribution in [3.63, 3.8) is 0 Å². The minimum atomic E-state index is -0.481. The van der Waals surface area contributed by atoms with Gasteiger partial charge in [0.1, 0.15) is 18.2 Å². The standard InChI is InChI=1S/C11H10BrClFN3O/c12-6-3-9-8(4-7(6)14)16-11(1-2-13)17(9)5-10(15)18/h3-4H,1-2,5H2,(H2,15,18). The van der Waals surface area contributed by atoms with Gasteiger partial charge in [-0.2, -0.15) is 0 Å². The van der Waals surface area contributed by atoms with Gasteiger partial charge in [0.05, 0.1) is 15.5 Å². The van der Waals surface area contributed by atoms with E-state index in [4.69, 9.17) is 17.3 Å². The third-order valence-electron chi connectivity index (χ3n) is 2.50. The van der Waals surface area contributed by atoms with E-state index in [0.29, 0.717) is 33.6 Å². The molecule has 1 aromatic heterocycles. The van der Waals surface area contributed by atoms with Crippen molar-refractivity contribution in [1.82, 2.24) is 9.55 Å². The van der Waals surface area contributed by atoms with Crippen molar-refractivity contribution < 1.29 is 9.18 Å². The zero-order valence-electron chi connectivity index (χ0n) is 9.29. The van der Waals surface area contributed by atoms with Crippen LogP contribution in [0, 0.1) is 5.82 Å². The number of primary amides is 1. The Morgan fingerprint density at radius 1 is 1.56 bits per heavy atom. The molecule has 0 aliphatic rings. The molecule has 0 unspecified atom stereocenters. The van der Waals surface area contributed by atoms with Gasteiger partial charge in [-0.1, -0.05) is 0 Å². The number of halogens is 3. The number of aryl methyl sites for hydroxylation is 1. The van der Waals surface area contributed by atoms with E-state index in [0.717, 1.165) is 0 Å². The van der Waals surface area contributed by atoms with Crippen LogP contribution in [-0.2, 0) is 17.8 Å². The van der Waals surface area contributed by atoms with E-state index in [-0.39, 0.29) is 6.54 Å². The van der Waals surface area contributed by atoms with Crippen LogP contribution in [0.25, 0.3) is 11.0 Å². The maximum Gasteiger partial charge on any atom is 0.237 e. The largest absolute Gasteiger partial charge is 0.368 e. The number of nitrogens with two attached hydrogens (primary N) is 1. The van der Waals surface area contributed by atoms with Crippen LogP contribution in [0.1, 0.15) is 5.82 Å². The Balaban J connectivity index is 2.64. The molecule has 0 saturated carbocycles. The molecule has 0 aliphatic heterocycles. The van der Waals surface area contributed by atoms with Gasteiger partial charge in [0.15, 0.2) is 0 Å². The normalized spacial score (nSPS) is 11.1. The first-order valence-electron chi connectivity index (χ1n) is 5.21. The molecule has 2 rings (SSSR count). The molecule has 0 spiro atoms. The van der Waals surface area contributed by atoms with Gasteiger partial charge in [0.2, 0.25) is 5.91 Å². The second-order valence-electron chi connectivity index (χ2n) is 3.77. The molecular weight excluding hydrogens is 324 g/mol. The molecule has 1 amide bonds. The molecule has 1 aromatic carbocycles. The molecule has 0 saturated heterocycles. The lowest BCUT2D eigenvalue weighted by molar-refractivity contribution is -0.118. The first-order valence-corrected chi connectivity index (χ1v) is 6.54. The Bertz CT molecular complexity index is 614. The Morgan fingerprint density at radius 3 is 2.89 bits per heavy atom. The number of carbonyl (C=O) groups excluding carboxylic acids is 1. The maximum atomic E-state index is 13.4. The number of nitrogens with zero attached hydrogens (tertiary/aromatic N) is 2. The minimum Gasteiger partial charge on any atom is -0.368 e. The summed E-state index contributed by atoms with van der Waals surface area (Å²) in [5.74, 6) is 0.108. The van der Waals surface area contributed by atoms with E-state index in [1.807, 2.05) is 0 Å². The average Bonchev–Trinajstić information content (AvgIpc) is 2.58. The predicted octanol–water partition coefficient (Wildman–Crippen LogP) is 2.20. The van der Waals surface area contributed by atoms with Gasteiger partial charge in [-0.15, -0.1) is 11.6 Å². The highest BCUT2D eigenvalue weighted by Crippen LogP contribution is 2.24. The summed E-state index contributed by atoms with van der Waals surface area (Å²) in [6.45, 7) is 0.000788. The van der Waals surface area contributed by atoms with Gasteiger partial charge >= 0.3 is 0 Å². The number of fused-ring (bicyclic) bond motifs is 1. The Kier molecular flexibility index (Phi) is 3.87. The van der Waals surface area contributed by atoms with Crippen LogP contribution in [-0.4, -0.2) is 21.3 Å². The molecule has 2 N–H and O–H groups in total. The van der Waals surface area contributed by atoms with Crippen LogP contribution in [0.3, 0.4) is 0 Å². The van der Waals surface area contributed by atoms with Gasteiger partial charge in [-0.25, -0.2) is 9.37 Å². The van der Waals surface area contributed by atoms with Crippen molar-refractivity contribution in [3.8, 4) is 0 Å². The molecule has 0 bridgehead atoms. The smallest absolute Gasteiger partial charge is 0.237 e. The Labute approximate surface area is 116 Å². The number of imidazole rings is 1. The van der Waals surface area contributed by atoms with Gasteiger partial charge in [0, 0.05) is 18.4 Å². The molecule has 18 heavy (non-hydrogen) atoms. The SMILES string of the molecule is NC(=O)Cn1c(CCCl)nc2cc(F)c(Br)cc21. The molecule has 0 atom stereocenters. The van der Waals surface area contributed by atoms with Crippen molar-refractivity contribution in [3.05, 3.63) is 28.2 Å². The lowest BCUT2D eigenvalue weighted by atomic mass is 10.3. The van der Waals surface area contributed by atoms with Gasteiger partial charge in [0.25, 0.3) is 0 Å². The van der Waals surface area contributed by atoms with Crippen LogP contribution in [0.15, 0.2) is 16.6 Å². The number of amides is 1. The first-order chi connectivity index (χ1) is 8.52. The lowest BCUT2D eigenvalue weighted by Crippen LogP contribution is -2.20. The highest BCUT2D eigenvalue weighted by molar-refractivity contribution is 9.10. The van der Waals surface area contributed by atoms with Crippen LogP contribution in [0.5, 0.6) is 0 Å².